The van der Waals surface area contributed by atoms with Gasteiger partial charge in [0.1, 0.15) is 13.2 Å². The van der Waals surface area contributed by atoms with Gasteiger partial charge in [-0.1, -0.05) is 23.5 Å². The Hall–Kier alpha value is -2.64. The van der Waals surface area contributed by atoms with Gasteiger partial charge in [-0.05, 0) is 44.4 Å². The van der Waals surface area contributed by atoms with E-state index in [9.17, 15) is 4.79 Å². The molecular formula is C20H21N3O3S. The first kappa shape index (κ1) is 17.8. The van der Waals surface area contributed by atoms with Crippen LogP contribution in [0.3, 0.4) is 0 Å². The van der Waals surface area contributed by atoms with Crippen molar-refractivity contribution in [3.05, 3.63) is 48.0 Å². The molecule has 140 valence electrons. The highest BCUT2D eigenvalue weighted by molar-refractivity contribution is 7.22. The van der Waals surface area contributed by atoms with E-state index in [0.717, 1.165) is 16.8 Å². The van der Waals surface area contributed by atoms with Gasteiger partial charge in [0.25, 0.3) is 5.91 Å². The van der Waals surface area contributed by atoms with Crippen molar-refractivity contribution in [2.45, 2.75) is 0 Å². The minimum Gasteiger partial charge on any atom is -0.486 e. The molecule has 7 heteroatoms. The number of amides is 1. The molecule has 1 aliphatic heterocycles. The number of benzene rings is 2. The number of likely N-dealkylation sites (N-methyl/N-ethyl adjacent to an activating group) is 1. The highest BCUT2D eigenvalue weighted by Crippen LogP contribution is 2.33. The number of anilines is 1. The van der Waals surface area contributed by atoms with E-state index in [1.54, 1.807) is 23.1 Å². The predicted octanol–water partition coefficient (Wildman–Crippen LogP) is 3.28. The molecule has 6 nitrogen and oxygen atoms in total. The second-order valence-electron chi connectivity index (χ2n) is 6.58. The Morgan fingerprint density at radius 2 is 1.85 bits per heavy atom. The topological polar surface area (TPSA) is 54.9 Å². The third-order valence-corrected chi connectivity index (χ3v) is 5.38. The number of fused-ring (bicyclic) bond motifs is 2. The highest BCUT2D eigenvalue weighted by atomic mass is 32.1. The van der Waals surface area contributed by atoms with Crippen LogP contribution in [0.15, 0.2) is 42.5 Å². The number of carbonyl (C=O) groups is 1. The van der Waals surface area contributed by atoms with Gasteiger partial charge < -0.3 is 14.4 Å². The summed E-state index contributed by atoms with van der Waals surface area (Å²) in [5.74, 6) is 1.20. The standard InChI is InChI=1S/C20H21N3O3S/c1-22(2)9-10-23(20-21-15-5-3-4-6-18(15)27-20)19(24)14-7-8-16-17(13-14)26-12-11-25-16/h3-8,13H,9-12H2,1-2H3. The maximum Gasteiger partial charge on any atom is 0.260 e. The fraction of sp³-hybridized carbons (Fsp3) is 0.300. The van der Waals surface area contributed by atoms with E-state index in [0.29, 0.717) is 42.0 Å². The Balaban J connectivity index is 1.68. The lowest BCUT2D eigenvalue weighted by Gasteiger charge is -2.23. The Labute approximate surface area is 161 Å². The lowest BCUT2D eigenvalue weighted by molar-refractivity contribution is 0.0984. The van der Waals surface area contributed by atoms with Crippen LogP contribution in [0.25, 0.3) is 10.2 Å². The quantitative estimate of drug-likeness (QED) is 0.677. The van der Waals surface area contributed by atoms with Gasteiger partial charge in [0.05, 0.1) is 10.2 Å². The monoisotopic (exact) mass is 383 g/mol. The molecule has 4 rings (SSSR count). The van der Waals surface area contributed by atoms with E-state index >= 15 is 0 Å². The Bertz CT molecular complexity index is 937. The van der Waals surface area contributed by atoms with Gasteiger partial charge >= 0.3 is 0 Å². The number of hydrogen-bond donors (Lipinski definition) is 0. The van der Waals surface area contributed by atoms with Gasteiger partial charge in [-0.2, -0.15) is 0 Å². The van der Waals surface area contributed by atoms with Crippen molar-refractivity contribution in [2.24, 2.45) is 0 Å². The molecule has 0 spiro atoms. The molecule has 0 fully saturated rings. The minimum atomic E-state index is -0.0899. The first-order valence-electron chi connectivity index (χ1n) is 8.83. The molecule has 0 saturated heterocycles. The lowest BCUT2D eigenvalue weighted by Crippen LogP contribution is -2.36. The van der Waals surface area contributed by atoms with Crippen LogP contribution in [0.4, 0.5) is 5.13 Å². The summed E-state index contributed by atoms with van der Waals surface area (Å²) in [7, 11) is 3.98. The summed E-state index contributed by atoms with van der Waals surface area (Å²) in [5, 5.41) is 0.706. The molecule has 0 bridgehead atoms. The summed E-state index contributed by atoms with van der Waals surface area (Å²) in [4.78, 5) is 21.8. The first-order chi connectivity index (χ1) is 13.1. The third-order valence-electron chi connectivity index (χ3n) is 4.32. The van der Waals surface area contributed by atoms with Crippen LogP contribution in [-0.2, 0) is 0 Å². The molecule has 27 heavy (non-hydrogen) atoms. The van der Waals surface area contributed by atoms with E-state index < -0.39 is 0 Å². The molecule has 2 heterocycles. The summed E-state index contributed by atoms with van der Waals surface area (Å²) in [6.45, 7) is 2.32. The van der Waals surface area contributed by atoms with E-state index in [1.165, 1.54) is 11.3 Å². The Morgan fingerprint density at radius 3 is 2.63 bits per heavy atom. The van der Waals surface area contributed by atoms with Crippen LogP contribution in [-0.4, -0.2) is 56.2 Å². The molecule has 2 aromatic carbocycles. The molecular weight excluding hydrogens is 362 g/mol. The molecule has 0 atom stereocenters. The maximum absolute atomic E-state index is 13.3. The molecule has 1 aliphatic rings. The maximum atomic E-state index is 13.3. The fourth-order valence-electron chi connectivity index (χ4n) is 2.89. The number of thiazole rings is 1. The predicted molar refractivity (Wildman–Crippen MR) is 107 cm³/mol. The van der Waals surface area contributed by atoms with Crippen LogP contribution in [0.5, 0.6) is 11.5 Å². The lowest BCUT2D eigenvalue weighted by atomic mass is 10.1. The molecule has 1 amide bonds. The first-order valence-corrected chi connectivity index (χ1v) is 9.65. The van der Waals surface area contributed by atoms with Crippen LogP contribution in [0.1, 0.15) is 10.4 Å². The number of ether oxygens (including phenoxy) is 2. The molecule has 0 radical (unpaired) electrons. The number of carbonyl (C=O) groups excluding carboxylic acids is 1. The Morgan fingerprint density at radius 1 is 1.07 bits per heavy atom. The average molecular weight is 383 g/mol. The summed E-state index contributed by atoms with van der Waals surface area (Å²) < 4.78 is 12.3. The third kappa shape index (κ3) is 3.74. The number of rotatable bonds is 5. The van der Waals surface area contributed by atoms with E-state index in [2.05, 4.69) is 9.88 Å². The van der Waals surface area contributed by atoms with Crippen molar-refractivity contribution in [1.29, 1.82) is 0 Å². The van der Waals surface area contributed by atoms with Crippen molar-refractivity contribution in [2.75, 3.05) is 45.3 Å². The Kier molecular flexibility index (Phi) is 4.96. The van der Waals surface area contributed by atoms with Crippen molar-refractivity contribution in [3.8, 4) is 11.5 Å². The smallest absolute Gasteiger partial charge is 0.260 e. The summed E-state index contributed by atoms with van der Waals surface area (Å²) in [6.07, 6.45) is 0. The van der Waals surface area contributed by atoms with Crippen molar-refractivity contribution in [3.63, 3.8) is 0 Å². The molecule has 3 aromatic rings. The normalized spacial score (nSPS) is 13.1. The van der Waals surface area contributed by atoms with Crippen LogP contribution < -0.4 is 14.4 Å². The van der Waals surface area contributed by atoms with E-state index in [4.69, 9.17) is 9.47 Å². The van der Waals surface area contributed by atoms with Crippen molar-refractivity contribution < 1.29 is 14.3 Å². The van der Waals surface area contributed by atoms with Crippen LogP contribution in [0.2, 0.25) is 0 Å². The molecule has 0 saturated carbocycles. The molecule has 0 aliphatic carbocycles. The van der Waals surface area contributed by atoms with Gasteiger partial charge in [0.2, 0.25) is 0 Å². The second kappa shape index (κ2) is 7.54. The summed E-state index contributed by atoms with van der Waals surface area (Å²) in [6, 6.07) is 13.3. The van der Waals surface area contributed by atoms with Crippen LogP contribution >= 0.6 is 11.3 Å². The number of hydrogen-bond acceptors (Lipinski definition) is 6. The number of aromatic nitrogens is 1. The van der Waals surface area contributed by atoms with Crippen molar-refractivity contribution >= 4 is 32.6 Å². The zero-order chi connectivity index (χ0) is 18.8. The minimum absolute atomic E-state index is 0.0899. The van der Waals surface area contributed by atoms with Gasteiger partial charge in [-0.25, -0.2) is 4.98 Å². The molecule has 0 N–H and O–H groups in total. The second-order valence-corrected chi connectivity index (χ2v) is 7.59. The van der Waals surface area contributed by atoms with Gasteiger partial charge in [-0.3, -0.25) is 9.69 Å². The van der Waals surface area contributed by atoms with Gasteiger partial charge in [0, 0.05) is 18.7 Å². The van der Waals surface area contributed by atoms with Gasteiger partial charge in [0.15, 0.2) is 16.6 Å². The van der Waals surface area contributed by atoms with E-state index in [1.807, 2.05) is 38.4 Å². The number of para-hydroxylation sites is 1. The summed E-state index contributed by atoms with van der Waals surface area (Å²) in [5.41, 5.74) is 1.47. The summed E-state index contributed by atoms with van der Waals surface area (Å²) >= 11 is 1.53. The zero-order valence-corrected chi connectivity index (χ0v) is 16.2. The number of nitrogens with zero attached hydrogens (tertiary/aromatic N) is 3. The highest BCUT2D eigenvalue weighted by Gasteiger charge is 2.23. The van der Waals surface area contributed by atoms with Gasteiger partial charge in [-0.15, -0.1) is 0 Å². The molecule has 0 unspecified atom stereocenters. The van der Waals surface area contributed by atoms with Crippen molar-refractivity contribution in [1.82, 2.24) is 9.88 Å². The molecule has 1 aromatic heterocycles. The van der Waals surface area contributed by atoms with Crippen LogP contribution in [0, 0.1) is 0 Å². The van der Waals surface area contributed by atoms with E-state index in [-0.39, 0.29) is 5.91 Å². The SMILES string of the molecule is CN(C)CCN(C(=O)c1ccc2c(c1)OCCO2)c1nc2ccccc2s1. The fourth-order valence-corrected chi connectivity index (χ4v) is 3.88. The average Bonchev–Trinajstić information content (AvgIpc) is 3.11. The zero-order valence-electron chi connectivity index (χ0n) is 15.3. The largest absolute Gasteiger partial charge is 0.486 e.